The normalized spacial score (nSPS) is 18.9. The Kier molecular flexibility index (Phi) is 8.20. The Bertz CT molecular complexity index is 1040. The Labute approximate surface area is 204 Å². The highest BCUT2D eigenvalue weighted by atomic mass is 32.2. The summed E-state index contributed by atoms with van der Waals surface area (Å²) in [7, 11) is 0. The minimum atomic E-state index is -0.0537. The summed E-state index contributed by atoms with van der Waals surface area (Å²) in [6.07, 6.45) is 0.552. The highest BCUT2D eigenvalue weighted by molar-refractivity contribution is 7.98. The molecular weight excluding hydrogens is 450 g/mol. The first-order chi connectivity index (χ1) is 15.9. The molecule has 1 saturated heterocycles. The van der Waals surface area contributed by atoms with E-state index in [0.29, 0.717) is 12.1 Å². The molecule has 0 spiro atoms. The summed E-state index contributed by atoms with van der Waals surface area (Å²) >= 11 is 3.41. The maximum atomic E-state index is 12.6. The number of aryl methyl sites for hydroxylation is 1. The standard InChI is InChI=1S/C26H31N3O2S2/c1-18-13-29(14-19(2)31-18)15-22-6-4-21(5-7-22)12-27-26(30)23-8-10-25(11-9-23)33-17-24-16-32-20(3)28-24/h4-11,16,18-19H,12-15,17H2,1-3H3,(H,27,30). The van der Waals surface area contributed by atoms with Crippen molar-refractivity contribution in [2.75, 3.05) is 13.1 Å². The monoisotopic (exact) mass is 481 g/mol. The predicted molar refractivity (Wildman–Crippen MR) is 136 cm³/mol. The van der Waals surface area contributed by atoms with E-state index in [4.69, 9.17) is 4.74 Å². The number of benzene rings is 2. The van der Waals surface area contributed by atoms with Crippen LogP contribution in [-0.2, 0) is 23.6 Å². The Morgan fingerprint density at radius 1 is 1.09 bits per heavy atom. The van der Waals surface area contributed by atoms with Gasteiger partial charge in [0.2, 0.25) is 0 Å². The van der Waals surface area contributed by atoms with Gasteiger partial charge in [0.1, 0.15) is 0 Å². The van der Waals surface area contributed by atoms with Crippen molar-refractivity contribution in [3.05, 3.63) is 81.3 Å². The summed E-state index contributed by atoms with van der Waals surface area (Å²) in [5, 5.41) is 6.22. The number of nitrogens with one attached hydrogen (secondary N) is 1. The van der Waals surface area contributed by atoms with Crippen LogP contribution in [0.5, 0.6) is 0 Å². The van der Waals surface area contributed by atoms with E-state index >= 15 is 0 Å². The number of rotatable bonds is 8. The molecule has 0 radical (unpaired) electrons. The summed E-state index contributed by atoms with van der Waals surface area (Å²) in [6.45, 7) is 9.65. The van der Waals surface area contributed by atoms with Crippen molar-refractivity contribution in [1.82, 2.24) is 15.2 Å². The van der Waals surface area contributed by atoms with Crippen LogP contribution in [-0.4, -0.2) is 41.1 Å². The van der Waals surface area contributed by atoms with Gasteiger partial charge in [0.15, 0.2) is 0 Å². The van der Waals surface area contributed by atoms with Gasteiger partial charge in [0.05, 0.1) is 22.9 Å². The average Bonchev–Trinajstić information content (AvgIpc) is 3.22. The first-order valence-corrected chi connectivity index (χ1v) is 13.2. The predicted octanol–water partition coefficient (Wildman–Crippen LogP) is 5.28. The summed E-state index contributed by atoms with van der Waals surface area (Å²) in [6, 6.07) is 16.3. The molecule has 3 aromatic rings. The molecule has 0 bridgehead atoms. The molecule has 1 aliphatic heterocycles. The Hall–Kier alpha value is -2.19. The number of morpholine rings is 1. The van der Waals surface area contributed by atoms with Gasteiger partial charge in [-0.15, -0.1) is 23.1 Å². The van der Waals surface area contributed by atoms with Gasteiger partial charge < -0.3 is 10.1 Å². The minimum absolute atomic E-state index is 0.0537. The van der Waals surface area contributed by atoms with Crippen molar-refractivity contribution < 1.29 is 9.53 Å². The van der Waals surface area contributed by atoms with Crippen molar-refractivity contribution in [1.29, 1.82) is 0 Å². The number of ether oxygens (including phenoxy) is 1. The number of hydrogen-bond donors (Lipinski definition) is 1. The number of hydrogen-bond acceptors (Lipinski definition) is 6. The molecule has 0 saturated carbocycles. The number of aromatic nitrogens is 1. The zero-order chi connectivity index (χ0) is 23.2. The molecule has 7 heteroatoms. The van der Waals surface area contributed by atoms with E-state index in [-0.39, 0.29) is 18.1 Å². The molecule has 2 unspecified atom stereocenters. The number of nitrogens with zero attached hydrogens (tertiary/aromatic N) is 2. The summed E-state index contributed by atoms with van der Waals surface area (Å²) < 4.78 is 5.82. The fourth-order valence-electron chi connectivity index (χ4n) is 4.05. The Morgan fingerprint density at radius 2 is 1.76 bits per heavy atom. The first-order valence-electron chi connectivity index (χ1n) is 11.3. The maximum Gasteiger partial charge on any atom is 0.251 e. The molecule has 0 aliphatic carbocycles. The number of amides is 1. The fourth-order valence-corrected chi connectivity index (χ4v) is 5.56. The molecule has 4 rings (SSSR count). The fraction of sp³-hybridized carbons (Fsp3) is 0.385. The lowest BCUT2D eigenvalue weighted by molar-refractivity contribution is -0.0704. The van der Waals surface area contributed by atoms with Crippen LogP contribution in [0.1, 0.15) is 46.0 Å². The second-order valence-electron chi connectivity index (χ2n) is 8.62. The van der Waals surface area contributed by atoms with E-state index in [0.717, 1.165) is 46.5 Å². The Morgan fingerprint density at radius 3 is 2.39 bits per heavy atom. The van der Waals surface area contributed by atoms with Crippen molar-refractivity contribution in [3.8, 4) is 0 Å². The lowest BCUT2D eigenvalue weighted by Crippen LogP contribution is -2.44. The van der Waals surface area contributed by atoms with E-state index in [1.807, 2.05) is 31.2 Å². The van der Waals surface area contributed by atoms with E-state index in [1.54, 1.807) is 23.1 Å². The van der Waals surface area contributed by atoms with Crippen molar-refractivity contribution in [2.45, 2.75) is 56.7 Å². The smallest absolute Gasteiger partial charge is 0.251 e. The Balaban J connectivity index is 1.23. The van der Waals surface area contributed by atoms with Crippen LogP contribution in [0.15, 0.2) is 58.8 Å². The summed E-state index contributed by atoms with van der Waals surface area (Å²) in [5.41, 5.74) is 4.16. The van der Waals surface area contributed by atoms with Gasteiger partial charge in [0.25, 0.3) is 5.91 Å². The van der Waals surface area contributed by atoms with Gasteiger partial charge in [0, 0.05) is 47.8 Å². The van der Waals surface area contributed by atoms with Gasteiger partial charge in [-0.3, -0.25) is 9.69 Å². The number of carbonyl (C=O) groups excluding carboxylic acids is 1. The second kappa shape index (κ2) is 11.3. The van der Waals surface area contributed by atoms with Crippen molar-refractivity contribution in [3.63, 3.8) is 0 Å². The number of thioether (sulfide) groups is 1. The topological polar surface area (TPSA) is 54.5 Å². The molecule has 1 aliphatic rings. The maximum absolute atomic E-state index is 12.6. The van der Waals surface area contributed by atoms with Gasteiger partial charge in [-0.1, -0.05) is 24.3 Å². The van der Waals surface area contributed by atoms with Crippen molar-refractivity contribution in [2.24, 2.45) is 0 Å². The molecule has 1 fully saturated rings. The molecule has 174 valence electrons. The van der Waals surface area contributed by atoms with Crippen LogP contribution in [0.3, 0.4) is 0 Å². The SMILES string of the molecule is Cc1nc(CSc2ccc(C(=O)NCc3ccc(CN4CC(C)OC(C)C4)cc3)cc2)cs1. The molecule has 5 nitrogen and oxygen atoms in total. The van der Waals surface area contributed by atoms with Crippen LogP contribution in [0, 0.1) is 6.92 Å². The molecule has 1 aromatic heterocycles. The quantitative estimate of drug-likeness (QED) is 0.444. The molecule has 1 N–H and O–H groups in total. The van der Waals surface area contributed by atoms with E-state index < -0.39 is 0 Å². The first kappa shape index (κ1) is 24.0. The van der Waals surface area contributed by atoms with E-state index in [1.165, 1.54) is 5.56 Å². The van der Waals surface area contributed by atoms with Gasteiger partial charge in [-0.25, -0.2) is 4.98 Å². The summed E-state index contributed by atoms with van der Waals surface area (Å²) in [5.74, 6) is 0.789. The van der Waals surface area contributed by atoms with E-state index in [9.17, 15) is 4.79 Å². The van der Waals surface area contributed by atoms with Crippen LogP contribution in [0.4, 0.5) is 0 Å². The summed E-state index contributed by atoms with van der Waals surface area (Å²) in [4.78, 5) is 20.6. The third-order valence-corrected chi connectivity index (χ3v) is 7.42. The van der Waals surface area contributed by atoms with Gasteiger partial charge >= 0.3 is 0 Å². The van der Waals surface area contributed by atoms with Crippen LogP contribution in [0.2, 0.25) is 0 Å². The minimum Gasteiger partial charge on any atom is -0.373 e. The molecular formula is C26H31N3O2S2. The average molecular weight is 482 g/mol. The van der Waals surface area contributed by atoms with Crippen molar-refractivity contribution >= 4 is 29.0 Å². The molecule has 1 amide bonds. The zero-order valence-corrected chi connectivity index (χ0v) is 21.0. The second-order valence-corrected chi connectivity index (χ2v) is 10.7. The van der Waals surface area contributed by atoms with Gasteiger partial charge in [-0.2, -0.15) is 0 Å². The number of thiazole rings is 1. The molecule has 33 heavy (non-hydrogen) atoms. The van der Waals surface area contributed by atoms with E-state index in [2.05, 4.69) is 58.7 Å². The third-order valence-electron chi connectivity index (χ3n) is 5.55. The molecule has 2 atom stereocenters. The van der Waals surface area contributed by atoms with Gasteiger partial charge in [-0.05, 0) is 56.2 Å². The van der Waals surface area contributed by atoms with Crippen LogP contribution in [0.25, 0.3) is 0 Å². The molecule has 2 heterocycles. The van der Waals surface area contributed by atoms with Crippen LogP contribution >= 0.6 is 23.1 Å². The highest BCUT2D eigenvalue weighted by Crippen LogP contribution is 2.24. The molecule has 2 aromatic carbocycles. The number of carbonyl (C=O) groups is 1. The lowest BCUT2D eigenvalue weighted by Gasteiger charge is -2.35. The third kappa shape index (κ3) is 7.14. The lowest BCUT2D eigenvalue weighted by atomic mass is 10.1. The zero-order valence-electron chi connectivity index (χ0n) is 19.4. The largest absolute Gasteiger partial charge is 0.373 e. The van der Waals surface area contributed by atoms with Crippen LogP contribution < -0.4 is 5.32 Å². The highest BCUT2D eigenvalue weighted by Gasteiger charge is 2.21.